The highest BCUT2D eigenvalue weighted by atomic mass is 32.2. The summed E-state index contributed by atoms with van der Waals surface area (Å²) in [5.74, 6) is 0. The van der Waals surface area contributed by atoms with Crippen molar-refractivity contribution in [2.45, 2.75) is 50.4 Å². The Kier molecular flexibility index (Phi) is 3.55. The highest BCUT2D eigenvalue weighted by Crippen LogP contribution is 2.23. The van der Waals surface area contributed by atoms with Crippen molar-refractivity contribution in [3.63, 3.8) is 0 Å². The predicted octanol–water partition coefficient (Wildman–Crippen LogP) is 0.619. The minimum absolute atomic E-state index is 0.0891. The Hall–Kier alpha value is -0.130. The fourth-order valence-corrected chi connectivity index (χ4v) is 3.34. The monoisotopic (exact) mass is 221 g/mol. The van der Waals surface area contributed by atoms with E-state index in [1.165, 1.54) is 0 Å². The zero-order valence-electron chi connectivity index (χ0n) is 8.78. The third kappa shape index (κ3) is 3.55. The van der Waals surface area contributed by atoms with Crippen molar-refractivity contribution in [2.75, 3.05) is 6.54 Å². The summed E-state index contributed by atoms with van der Waals surface area (Å²) in [7, 11) is -3.20. The number of hydrogen-bond acceptors (Lipinski definition) is 3. The normalized spacial score (nSPS) is 20.2. The van der Waals surface area contributed by atoms with Gasteiger partial charge in [-0.25, -0.2) is 13.1 Å². The van der Waals surface area contributed by atoms with Crippen molar-refractivity contribution < 1.29 is 13.5 Å². The minimum atomic E-state index is -3.20. The quantitative estimate of drug-likeness (QED) is 0.731. The highest BCUT2D eigenvalue weighted by Gasteiger charge is 2.29. The van der Waals surface area contributed by atoms with E-state index < -0.39 is 15.6 Å². The van der Waals surface area contributed by atoms with Crippen LogP contribution in [0.1, 0.15) is 39.5 Å². The number of hydrogen-bond donors (Lipinski definition) is 2. The second-order valence-electron chi connectivity index (χ2n) is 4.59. The van der Waals surface area contributed by atoms with E-state index in [1.54, 1.807) is 13.8 Å². The van der Waals surface area contributed by atoms with Gasteiger partial charge in [0.25, 0.3) is 0 Å². The molecule has 84 valence electrons. The van der Waals surface area contributed by atoms with Crippen LogP contribution >= 0.6 is 0 Å². The standard InChI is InChI=1S/C9H19NO3S/c1-9(2,11)7-10-14(12,13)8-5-3-4-6-8/h8,10-11H,3-7H2,1-2H3. The molecule has 0 radical (unpaired) electrons. The van der Waals surface area contributed by atoms with Crippen LogP contribution in [0.15, 0.2) is 0 Å². The van der Waals surface area contributed by atoms with Gasteiger partial charge in [-0.1, -0.05) is 12.8 Å². The van der Waals surface area contributed by atoms with Crippen LogP contribution in [0.4, 0.5) is 0 Å². The molecule has 1 rings (SSSR count). The van der Waals surface area contributed by atoms with Crippen LogP contribution in [0.5, 0.6) is 0 Å². The van der Waals surface area contributed by atoms with Crippen LogP contribution in [0.3, 0.4) is 0 Å². The lowest BCUT2D eigenvalue weighted by molar-refractivity contribution is 0.0856. The maximum atomic E-state index is 11.7. The average molecular weight is 221 g/mol. The van der Waals surface area contributed by atoms with Crippen LogP contribution < -0.4 is 4.72 Å². The van der Waals surface area contributed by atoms with Crippen LogP contribution in [0.2, 0.25) is 0 Å². The second-order valence-corrected chi connectivity index (χ2v) is 6.63. The zero-order chi connectivity index (χ0) is 10.8. The van der Waals surface area contributed by atoms with Gasteiger partial charge in [-0.2, -0.15) is 0 Å². The van der Waals surface area contributed by atoms with Crippen molar-refractivity contribution in [2.24, 2.45) is 0 Å². The van der Waals surface area contributed by atoms with Gasteiger partial charge in [-0.15, -0.1) is 0 Å². The first-order valence-corrected chi connectivity index (χ1v) is 6.57. The number of nitrogens with one attached hydrogen (secondary N) is 1. The average Bonchev–Trinajstić information content (AvgIpc) is 2.52. The van der Waals surface area contributed by atoms with Crippen molar-refractivity contribution in [3.05, 3.63) is 0 Å². The maximum absolute atomic E-state index is 11.7. The van der Waals surface area contributed by atoms with E-state index in [-0.39, 0.29) is 11.8 Å². The molecule has 0 aromatic heterocycles. The molecule has 5 heteroatoms. The molecule has 0 saturated heterocycles. The molecular formula is C9H19NO3S. The largest absolute Gasteiger partial charge is 0.389 e. The summed E-state index contributed by atoms with van der Waals surface area (Å²) >= 11 is 0. The Morgan fingerprint density at radius 1 is 1.36 bits per heavy atom. The minimum Gasteiger partial charge on any atom is -0.389 e. The van der Waals surface area contributed by atoms with Gasteiger partial charge in [0.05, 0.1) is 10.9 Å². The zero-order valence-corrected chi connectivity index (χ0v) is 9.60. The van der Waals surface area contributed by atoms with E-state index in [0.717, 1.165) is 25.7 Å². The summed E-state index contributed by atoms with van der Waals surface area (Å²) < 4.78 is 25.8. The van der Waals surface area contributed by atoms with Crippen LogP contribution in [0.25, 0.3) is 0 Å². The van der Waals surface area contributed by atoms with Gasteiger partial charge in [0, 0.05) is 6.54 Å². The van der Waals surface area contributed by atoms with E-state index in [1.807, 2.05) is 0 Å². The fourth-order valence-electron chi connectivity index (χ4n) is 1.59. The lowest BCUT2D eigenvalue weighted by Gasteiger charge is -2.19. The summed E-state index contributed by atoms with van der Waals surface area (Å²) in [5, 5.41) is 9.15. The van der Waals surface area contributed by atoms with Crippen LogP contribution in [-0.4, -0.2) is 30.9 Å². The molecular weight excluding hydrogens is 202 g/mol. The molecule has 14 heavy (non-hydrogen) atoms. The first-order valence-electron chi connectivity index (χ1n) is 5.02. The Morgan fingerprint density at radius 2 is 1.86 bits per heavy atom. The first-order chi connectivity index (χ1) is 6.31. The van der Waals surface area contributed by atoms with Gasteiger partial charge in [0.1, 0.15) is 0 Å². The molecule has 1 saturated carbocycles. The molecule has 1 fully saturated rings. The third-order valence-electron chi connectivity index (χ3n) is 2.45. The smallest absolute Gasteiger partial charge is 0.214 e. The molecule has 2 N–H and O–H groups in total. The summed E-state index contributed by atoms with van der Waals surface area (Å²) in [4.78, 5) is 0. The lowest BCUT2D eigenvalue weighted by atomic mass is 10.1. The molecule has 0 aromatic carbocycles. The molecule has 0 aliphatic heterocycles. The highest BCUT2D eigenvalue weighted by molar-refractivity contribution is 7.90. The Bertz CT molecular complexity index is 273. The lowest BCUT2D eigenvalue weighted by Crippen LogP contribution is -2.41. The molecule has 0 aromatic rings. The molecule has 0 heterocycles. The molecule has 0 spiro atoms. The van der Waals surface area contributed by atoms with Gasteiger partial charge in [0.2, 0.25) is 10.0 Å². The molecule has 1 aliphatic carbocycles. The van der Waals surface area contributed by atoms with Crippen molar-refractivity contribution in [1.29, 1.82) is 0 Å². The predicted molar refractivity (Wildman–Crippen MR) is 55.5 cm³/mol. The summed E-state index contributed by atoms with van der Waals surface area (Å²) in [6.07, 6.45) is 3.49. The van der Waals surface area contributed by atoms with Gasteiger partial charge < -0.3 is 5.11 Å². The van der Waals surface area contributed by atoms with Gasteiger partial charge >= 0.3 is 0 Å². The van der Waals surface area contributed by atoms with E-state index in [2.05, 4.69) is 4.72 Å². The van der Waals surface area contributed by atoms with E-state index >= 15 is 0 Å². The SMILES string of the molecule is CC(C)(O)CNS(=O)(=O)C1CCCC1. The van der Waals surface area contributed by atoms with Crippen molar-refractivity contribution in [3.8, 4) is 0 Å². The molecule has 0 bridgehead atoms. The maximum Gasteiger partial charge on any atom is 0.214 e. The molecule has 1 aliphatic rings. The van der Waals surface area contributed by atoms with Gasteiger partial charge in [-0.05, 0) is 26.7 Å². The Labute approximate surface area is 85.8 Å². The second kappa shape index (κ2) is 4.16. The van der Waals surface area contributed by atoms with Crippen molar-refractivity contribution >= 4 is 10.0 Å². The van der Waals surface area contributed by atoms with Crippen LogP contribution in [0, 0.1) is 0 Å². The van der Waals surface area contributed by atoms with E-state index in [4.69, 9.17) is 0 Å². The molecule has 0 atom stereocenters. The summed E-state index contributed by atoms with van der Waals surface area (Å²) in [5.41, 5.74) is -0.980. The van der Waals surface area contributed by atoms with Gasteiger partial charge in [0.15, 0.2) is 0 Å². The molecule has 4 nitrogen and oxygen atoms in total. The summed E-state index contributed by atoms with van der Waals surface area (Å²) in [6.45, 7) is 3.26. The Morgan fingerprint density at radius 3 is 2.29 bits per heavy atom. The fraction of sp³-hybridized carbons (Fsp3) is 1.00. The topological polar surface area (TPSA) is 66.4 Å². The number of rotatable bonds is 4. The Balaban J connectivity index is 2.50. The van der Waals surface area contributed by atoms with E-state index in [0.29, 0.717) is 0 Å². The number of aliphatic hydroxyl groups is 1. The molecule has 0 amide bonds. The van der Waals surface area contributed by atoms with Crippen LogP contribution in [-0.2, 0) is 10.0 Å². The first kappa shape index (κ1) is 11.9. The van der Waals surface area contributed by atoms with Crippen molar-refractivity contribution in [1.82, 2.24) is 4.72 Å². The number of sulfonamides is 1. The van der Waals surface area contributed by atoms with E-state index in [9.17, 15) is 13.5 Å². The van der Waals surface area contributed by atoms with Gasteiger partial charge in [-0.3, -0.25) is 0 Å². The third-order valence-corrected chi connectivity index (χ3v) is 4.34. The molecule has 0 unspecified atom stereocenters. The summed E-state index contributed by atoms with van der Waals surface area (Å²) in [6, 6.07) is 0.